The van der Waals surface area contributed by atoms with Crippen molar-refractivity contribution < 1.29 is 8.91 Å². The Balaban J connectivity index is 2.19. The van der Waals surface area contributed by atoms with Crippen LogP contribution >= 0.6 is 11.6 Å². The second kappa shape index (κ2) is 5.25. The minimum atomic E-state index is -0.370. The van der Waals surface area contributed by atoms with E-state index in [4.69, 9.17) is 16.1 Å². The van der Waals surface area contributed by atoms with Gasteiger partial charge in [0.15, 0.2) is 5.82 Å². The Morgan fingerprint density at radius 1 is 1.47 bits per heavy atom. The van der Waals surface area contributed by atoms with Gasteiger partial charge >= 0.3 is 0 Å². The van der Waals surface area contributed by atoms with Crippen molar-refractivity contribution in [2.24, 2.45) is 0 Å². The minimum absolute atomic E-state index is 0.197. The second-order valence-electron chi connectivity index (χ2n) is 3.51. The molecule has 2 rings (SSSR count). The van der Waals surface area contributed by atoms with Gasteiger partial charge in [0.05, 0.1) is 13.0 Å². The number of hydrogen-bond acceptors (Lipinski definition) is 4. The molecule has 90 valence electrons. The molecule has 0 aliphatic rings. The predicted molar refractivity (Wildman–Crippen MR) is 61.3 cm³/mol. The Morgan fingerprint density at radius 3 is 3.00 bits per heavy atom. The van der Waals surface area contributed by atoms with Gasteiger partial charge in [0, 0.05) is 10.6 Å². The molecule has 1 N–H and O–H groups in total. The fourth-order valence-electron chi connectivity index (χ4n) is 1.44. The summed E-state index contributed by atoms with van der Waals surface area (Å²) < 4.78 is 18.5. The van der Waals surface area contributed by atoms with Crippen LogP contribution in [0.15, 0.2) is 22.7 Å². The van der Waals surface area contributed by atoms with Crippen molar-refractivity contribution in [1.29, 1.82) is 0 Å². The smallest absolute Gasteiger partial charge is 0.231 e. The Morgan fingerprint density at radius 2 is 2.29 bits per heavy atom. The lowest BCUT2D eigenvalue weighted by molar-refractivity contribution is 0.377. The maximum absolute atomic E-state index is 13.5. The average molecular weight is 256 g/mol. The Kier molecular flexibility index (Phi) is 3.71. The molecule has 2 aromatic rings. The molecule has 0 aliphatic heterocycles. The fourth-order valence-corrected chi connectivity index (χ4v) is 1.67. The Labute approximate surface area is 103 Å². The van der Waals surface area contributed by atoms with Crippen LogP contribution in [0.5, 0.6) is 0 Å². The van der Waals surface area contributed by atoms with E-state index < -0.39 is 0 Å². The highest BCUT2D eigenvalue weighted by Gasteiger charge is 2.12. The normalized spacial score (nSPS) is 10.8. The molecule has 0 fully saturated rings. The highest BCUT2D eigenvalue weighted by molar-refractivity contribution is 6.31. The van der Waals surface area contributed by atoms with Crippen molar-refractivity contribution in [1.82, 2.24) is 15.5 Å². The number of aromatic nitrogens is 2. The molecule has 4 nitrogen and oxygen atoms in total. The van der Waals surface area contributed by atoms with Gasteiger partial charge in [-0.05, 0) is 19.2 Å². The van der Waals surface area contributed by atoms with E-state index in [-0.39, 0.29) is 12.2 Å². The van der Waals surface area contributed by atoms with Crippen LogP contribution in [0.25, 0.3) is 0 Å². The zero-order valence-corrected chi connectivity index (χ0v) is 9.96. The largest absolute Gasteiger partial charge is 0.339 e. The molecule has 1 aromatic heterocycles. The third kappa shape index (κ3) is 2.81. The van der Waals surface area contributed by atoms with Crippen LogP contribution in [-0.2, 0) is 13.0 Å². The first-order chi connectivity index (χ1) is 8.20. The number of benzene rings is 1. The van der Waals surface area contributed by atoms with Gasteiger partial charge in [0.2, 0.25) is 5.89 Å². The van der Waals surface area contributed by atoms with E-state index in [1.165, 1.54) is 6.07 Å². The van der Waals surface area contributed by atoms with E-state index in [1.54, 1.807) is 19.2 Å². The van der Waals surface area contributed by atoms with Crippen LogP contribution in [-0.4, -0.2) is 17.2 Å². The van der Waals surface area contributed by atoms with E-state index in [0.29, 0.717) is 28.8 Å². The predicted octanol–water partition coefficient (Wildman–Crippen LogP) is 2.17. The Hall–Kier alpha value is -1.46. The molecule has 1 aromatic carbocycles. The van der Waals surface area contributed by atoms with Crippen LogP contribution in [0, 0.1) is 5.82 Å². The molecular weight excluding hydrogens is 245 g/mol. The van der Waals surface area contributed by atoms with Gasteiger partial charge in [-0.15, -0.1) is 0 Å². The van der Waals surface area contributed by atoms with Gasteiger partial charge in [-0.25, -0.2) is 4.39 Å². The van der Waals surface area contributed by atoms with Crippen molar-refractivity contribution in [3.8, 4) is 0 Å². The summed E-state index contributed by atoms with van der Waals surface area (Å²) in [5.74, 6) is 0.517. The molecule has 0 spiro atoms. The highest BCUT2D eigenvalue weighted by Crippen LogP contribution is 2.21. The molecule has 0 aliphatic carbocycles. The first kappa shape index (κ1) is 12.0. The number of hydrogen-bond donors (Lipinski definition) is 1. The van der Waals surface area contributed by atoms with E-state index in [0.717, 1.165) is 0 Å². The number of nitrogens with zero attached hydrogens (tertiary/aromatic N) is 2. The van der Waals surface area contributed by atoms with Gasteiger partial charge in [-0.3, -0.25) is 0 Å². The summed E-state index contributed by atoms with van der Waals surface area (Å²) in [4.78, 5) is 4.11. The molecule has 0 radical (unpaired) electrons. The quantitative estimate of drug-likeness (QED) is 0.910. The molecular formula is C11H11ClFN3O. The van der Waals surface area contributed by atoms with E-state index in [1.807, 2.05) is 0 Å². The van der Waals surface area contributed by atoms with Gasteiger partial charge in [-0.1, -0.05) is 22.8 Å². The molecule has 1 heterocycles. The third-order valence-electron chi connectivity index (χ3n) is 2.23. The molecule has 0 saturated carbocycles. The molecule has 0 bridgehead atoms. The van der Waals surface area contributed by atoms with Gasteiger partial charge in [0.1, 0.15) is 5.82 Å². The SMILES string of the molecule is CNCc1noc(Cc2c(F)cccc2Cl)n1. The summed E-state index contributed by atoms with van der Waals surface area (Å²) in [7, 11) is 1.78. The summed E-state index contributed by atoms with van der Waals surface area (Å²) in [6.07, 6.45) is 0.197. The lowest BCUT2D eigenvalue weighted by Gasteiger charge is -2.01. The molecule has 6 heteroatoms. The van der Waals surface area contributed by atoms with Crippen LogP contribution in [0.2, 0.25) is 5.02 Å². The number of rotatable bonds is 4. The maximum atomic E-state index is 13.5. The maximum Gasteiger partial charge on any atom is 0.231 e. The molecule has 0 saturated heterocycles. The standard InChI is InChI=1S/C11H11ClFN3O/c1-14-6-10-15-11(17-16-10)5-7-8(12)3-2-4-9(7)13/h2-4,14H,5-6H2,1H3. The van der Waals surface area contributed by atoms with E-state index in [2.05, 4.69) is 15.5 Å². The van der Waals surface area contributed by atoms with Crippen LogP contribution < -0.4 is 5.32 Å². The zero-order chi connectivity index (χ0) is 12.3. The molecule has 0 amide bonds. The van der Waals surface area contributed by atoms with Crippen LogP contribution in [0.1, 0.15) is 17.3 Å². The topological polar surface area (TPSA) is 51.0 Å². The summed E-state index contributed by atoms with van der Waals surface area (Å²) >= 11 is 5.91. The average Bonchev–Trinajstić information content (AvgIpc) is 2.72. The van der Waals surface area contributed by atoms with Crippen molar-refractivity contribution in [2.45, 2.75) is 13.0 Å². The second-order valence-corrected chi connectivity index (χ2v) is 3.92. The zero-order valence-electron chi connectivity index (χ0n) is 9.20. The van der Waals surface area contributed by atoms with Gasteiger partial charge in [-0.2, -0.15) is 4.98 Å². The van der Waals surface area contributed by atoms with Crippen molar-refractivity contribution in [2.75, 3.05) is 7.05 Å². The number of nitrogens with one attached hydrogen (secondary N) is 1. The van der Waals surface area contributed by atoms with Crippen LogP contribution in [0.4, 0.5) is 4.39 Å². The molecule has 17 heavy (non-hydrogen) atoms. The first-order valence-corrected chi connectivity index (χ1v) is 5.47. The van der Waals surface area contributed by atoms with Gasteiger partial charge < -0.3 is 9.84 Å². The van der Waals surface area contributed by atoms with Crippen molar-refractivity contribution >= 4 is 11.6 Å². The monoisotopic (exact) mass is 255 g/mol. The molecule has 0 atom stereocenters. The minimum Gasteiger partial charge on any atom is -0.339 e. The molecule has 0 unspecified atom stereocenters. The lowest BCUT2D eigenvalue weighted by atomic mass is 10.1. The van der Waals surface area contributed by atoms with E-state index in [9.17, 15) is 4.39 Å². The summed E-state index contributed by atoms with van der Waals surface area (Å²) in [6.45, 7) is 0.508. The van der Waals surface area contributed by atoms with Crippen molar-refractivity contribution in [3.05, 3.63) is 46.3 Å². The van der Waals surface area contributed by atoms with Crippen LogP contribution in [0.3, 0.4) is 0 Å². The summed E-state index contributed by atoms with van der Waals surface area (Å²) in [5.41, 5.74) is 0.369. The van der Waals surface area contributed by atoms with E-state index >= 15 is 0 Å². The van der Waals surface area contributed by atoms with Crippen molar-refractivity contribution in [3.63, 3.8) is 0 Å². The fraction of sp³-hybridized carbons (Fsp3) is 0.273. The lowest BCUT2D eigenvalue weighted by Crippen LogP contribution is -2.06. The third-order valence-corrected chi connectivity index (χ3v) is 2.59. The first-order valence-electron chi connectivity index (χ1n) is 5.09. The van der Waals surface area contributed by atoms with Gasteiger partial charge in [0.25, 0.3) is 0 Å². The summed E-state index contributed by atoms with van der Waals surface area (Å²) in [6, 6.07) is 4.54. The highest BCUT2D eigenvalue weighted by atomic mass is 35.5. The summed E-state index contributed by atoms with van der Waals surface area (Å²) in [5, 5.41) is 7.01. The number of halogens is 2. The Bertz CT molecular complexity index is 495.